The molecule has 1 aromatic carbocycles. The number of alkyl carbamates (subject to hydrolysis) is 1. The summed E-state index contributed by atoms with van der Waals surface area (Å²) >= 11 is 0. The van der Waals surface area contributed by atoms with Crippen LogP contribution in [0, 0.1) is 0 Å². The first-order chi connectivity index (χ1) is 12.2. The van der Waals surface area contributed by atoms with E-state index in [2.05, 4.69) is 5.32 Å². The lowest BCUT2D eigenvalue weighted by Crippen LogP contribution is -2.44. The Kier molecular flexibility index (Phi) is 6.07. The number of carboxylic acids is 1. The van der Waals surface area contributed by atoms with Crippen LogP contribution in [-0.2, 0) is 20.9 Å². The maximum absolute atomic E-state index is 12.2. The third kappa shape index (κ3) is 5.65. The van der Waals surface area contributed by atoms with Crippen molar-refractivity contribution in [3.8, 4) is 0 Å². The average molecular weight is 364 g/mol. The minimum absolute atomic E-state index is 0.0479. The highest BCUT2D eigenvalue weighted by Crippen LogP contribution is 2.22. The number of nitrogens with one attached hydrogen (secondary N) is 1. The molecule has 26 heavy (non-hydrogen) atoms. The molecule has 0 aromatic heterocycles. The van der Waals surface area contributed by atoms with E-state index in [-0.39, 0.29) is 19.6 Å². The number of carbonyl (C=O) groups is 3. The molecule has 8 nitrogen and oxygen atoms in total. The molecule has 0 bridgehead atoms. The van der Waals surface area contributed by atoms with Crippen LogP contribution in [0.1, 0.15) is 32.8 Å². The first-order valence-electron chi connectivity index (χ1n) is 8.35. The van der Waals surface area contributed by atoms with Crippen molar-refractivity contribution >= 4 is 18.2 Å². The van der Waals surface area contributed by atoms with Crippen LogP contribution in [0.4, 0.5) is 9.59 Å². The predicted molar refractivity (Wildman–Crippen MR) is 92.5 cm³/mol. The molecule has 2 N–H and O–H groups in total. The Labute approximate surface area is 152 Å². The zero-order valence-corrected chi connectivity index (χ0v) is 15.1. The molecule has 0 saturated carbocycles. The van der Waals surface area contributed by atoms with E-state index < -0.39 is 35.8 Å². The summed E-state index contributed by atoms with van der Waals surface area (Å²) in [5.74, 6) is -1.14. The van der Waals surface area contributed by atoms with E-state index in [1.807, 2.05) is 30.3 Å². The maximum atomic E-state index is 12.2. The van der Waals surface area contributed by atoms with Gasteiger partial charge in [-0.2, -0.15) is 0 Å². The smallest absolute Gasteiger partial charge is 0.411 e. The highest BCUT2D eigenvalue weighted by molar-refractivity contribution is 5.81. The summed E-state index contributed by atoms with van der Waals surface area (Å²) in [6, 6.07) is 7.62. The Hall–Kier alpha value is -2.77. The van der Waals surface area contributed by atoms with Crippen molar-refractivity contribution in [2.24, 2.45) is 0 Å². The fourth-order valence-corrected chi connectivity index (χ4v) is 2.63. The molecule has 2 rings (SSSR count). The second-order valence-corrected chi connectivity index (χ2v) is 7.13. The summed E-state index contributed by atoms with van der Waals surface area (Å²) in [6.45, 7) is 5.26. The van der Waals surface area contributed by atoms with E-state index in [1.54, 1.807) is 20.8 Å². The molecule has 0 radical (unpaired) electrons. The van der Waals surface area contributed by atoms with Gasteiger partial charge in [0.15, 0.2) is 0 Å². The number of ether oxygens (including phenoxy) is 2. The van der Waals surface area contributed by atoms with E-state index in [9.17, 15) is 19.5 Å². The van der Waals surface area contributed by atoms with Crippen LogP contribution in [0.15, 0.2) is 30.3 Å². The molecule has 2 atom stereocenters. The Morgan fingerprint density at radius 3 is 2.46 bits per heavy atom. The Morgan fingerprint density at radius 2 is 1.88 bits per heavy atom. The second-order valence-electron chi connectivity index (χ2n) is 7.13. The van der Waals surface area contributed by atoms with Crippen LogP contribution >= 0.6 is 0 Å². The zero-order chi connectivity index (χ0) is 19.3. The molecular weight excluding hydrogens is 340 g/mol. The molecule has 8 heteroatoms. The highest BCUT2D eigenvalue weighted by Gasteiger charge is 2.42. The van der Waals surface area contributed by atoms with Gasteiger partial charge in [0.1, 0.15) is 18.2 Å². The van der Waals surface area contributed by atoms with Gasteiger partial charge < -0.3 is 19.9 Å². The van der Waals surface area contributed by atoms with Gasteiger partial charge in [-0.25, -0.2) is 14.4 Å². The number of carboxylic acid groups (broad SMARTS) is 1. The van der Waals surface area contributed by atoms with Gasteiger partial charge in [0.25, 0.3) is 0 Å². The monoisotopic (exact) mass is 364 g/mol. The standard InChI is InChI=1S/C18H24N2O6/c1-18(2,3)26-17(24)20-10-13(9-14(20)15(21)22)19-16(23)25-11-12-7-5-4-6-8-12/h4-8,13-14H,9-11H2,1-3H3,(H,19,23)(H,21,22)/t13-,14-/m1/s1. The maximum Gasteiger partial charge on any atom is 0.411 e. The summed E-state index contributed by atoms with van der Waals surface area (Å²) in [6.07, 6.45) is -1.28. The van der Waals surface area contributed by atoms with Crippen LogP contribution in [0.3, 0.4) is 0 Å². The lowest BCUT2D eigenvalue weighted by Gasteiger charge is -2.26. The third-order valence-corrected chi connectivity index (χ3v) is 3.75. The molecular formula is C18H24N2O6. The third-order valence-electron chi connectivity index (χ3n) is 3.75. The van der Waals surface area contributed by atoms with Crippen LogP contribution < -0.4 is 5.32 Å². The first-order valence-corrected chi connectivity index (χ1v) is 8.35. The van der Waals surface area contributed by atoms with Crippen molar-refractivity contribution < 1.29 is 29.0 Å². The van der Waals surface area contributed by atoms with Gasteiger partial charge in [-0.15, -0.1) is 0 Å². The number of likely N-dealkylation sites (tertiary alicyclic amines) is 1. The van der Waals surface area contributed by atoms with Crippen molar-refractivity contribution in [3.05, 3.63) is 35.9 Å². The SMILES string of the molecule is CC(C)(C)OC(=O)N1C[C@H](NC(=O)OCc2ccccc2)C[C@@H]1C(=O)O. The number of rotatable bonds is 4. The number of carbonyl (C=O) groups excluding carboxylic acids is 2. The molecule has 0 aliphatic carbocycles. The molecule has 142 valence electrons. The van der Waals surface area contributed by atoms with Crippen molar-refractivity contribution in [2.45, 2.75) is 51.5 Å². The number of amides is 2. The van der Waals surface area contributed by atoms with Gasteiger partial charge in [-0.3, -0.25) is 4.90 Å². The van der Waals surface area contributed by atoms with Gasteiger partial charge in [-0.1, -0.05) is 30.3 Å². The van der Waals surface area contributed by atoms with E-state index in [0.717, 1.165) is 10.5 Å². The molecule has 1 saturated heterocycles. The van der Waals surface area contributed by atoms with E-state index in [4.69, 9.17) is 9.47 Å². The molecule has 1 fully saturated rings. The quantitative estimate of drug-likeness (QED) is 0.850. The van der Waals surface area contributed by atoms with Gasteiger partial charge in [0.2, 0.25) is 0 Å². The summed E-state index contributed by atoms with van der Waals surface area (Å²) < 4.78 is 10.4. The number of benzene rings is 1. The van der Waals surface area contributed by atoms with E-state index in [0.29, 0.717) is 0 Å². The van der Waals surface area contributed by atoms with E-state index >= 15 is 0 Å². The highest BCUT2D eigenvalue weighted by atomic mass is 16.6. The number of hydrogen-bond donors (Lipinski definition) is 2. The minimum Gasteiger partial charge on any atom is -0.480 e. The number of aliphatic carboxylic acids is 1. The summed E-state index contributed by atoms with van der Waals surface area (Å²) in [4.78, 5) is 36.7. The fraction of sp³-hybridized carbons (Fsp3) is 0.500. The first kappa shape index (κ1) is 19.6. The van der Waals surface area contributed by atoms with Crippen LogP contribution in [0.25, 0.3) is 0 Å². The molecule has 0 spiro atoms. The van der Waals surface area contributed by atoms with Crippen LogP contribution in [0.2, 0.25) is 0 Å². The number of nitrogens with zero attached hydrogens (tertiary/aromatic N) is 1. The lowest BCUT2D eigenvalue weighted by molar-refractivity contribution is -0.142. The normalized spacial score (nSPS) is 19.7. The minimum atomic E-state index is -1.14. The van der Waals surface area contributed by atoms with Crippen LogP contribution in [-0.4, -0.2) is 52.4 Å². The summed E-state index contributed by atoms with van der Waals surface area (Å²) in [5.41, 5.74) is 0.105. The molecule has 0 unspecified atom stereocenters. The fourth-order valence-electron chi connectivity index (χ4n) is 2.63. The largest absolute Gasteiger partial charge is 0.480 e. The van der Waals surface area contributed by atoms with E-state index in [1.165, 1.54) is 0 Å². The van der Waals surface area contributed by atoms with Gasteiger partial charge in [0, 0.05) is 13.0 Å². The van der Waals surface area contributed by atoms with Crippen molar-refractivity contribution in [3.63, 3.8) is 0 Å². The molecule has 2 amide bonds. The zero-order valence-electron chi connectivity index (χ0n) is 15.1. The summed E-state index contributed by atoms with van der Waals surface area (Å²) in [5, 5.41) is 11.9. The van der Waals surface area contributed by atoms with Crippen LogP contribution in [0.5, 0.6) is 0 Å². The molecule has 1 aliphatic heterocycles. The van der Waals surface area contributed by atoms with Gasteiger partial charge in [0.05, 0.1) is 6.04 Å². The lowest BCUT2D eigenvalue weighted by atomic mass is 10.2. The van der Waals surface area contributed by atoms with Gasteiger partial charge >= 0.3 is 18.2 Å². The second kappa shape index (κ2) is 8.07. The average Bonchev–Trinajstić information content (AvgIpc) is 2.96. The molecule has 1 aliphatic rings. The topological polar surface area (TPSA) is 105 Å². The Bertz CT molecular complexity index is 655. The Balaban J connectivity index is 1.91. The molecule has 1 heterocycles. The van der Waals surface area contributed by atoms with Crippen molar-refractivity contribution in [2.75, 3.05) is 6.54 Å². The van der Waals surface area contributed by atoms with Gasteiger partial charge in [-0.05, 0) is 26.3 Å². The molecule has 1 aromatic rings. The number of hydrogen-bond acceptors (Lipinski definition) is 5. The summed E-state index contributed by atoms with van der Waals surface area (Å²) in [7, 11) is 0. The van der Waals surface area contributed by atoms with Crippen molar-refractivity contribution in [1.29, 1.82) is 0 Å². The van der Waals surface area contributed by atoms with Crippen molar-refractivity contribution in [1.82, 2.24) is 10.2 Å². The Morgan fingerprint density at radius 1 is 1.23 bits per heavy atom. The predicted octanol–water partition coefficient (Wildman–Crippen LogP) is 2.38.